The van der Waals surface area contributed by atoms with Crippen LogP contribution in [0.25, 0.3) is 0 Å². The van der Waals surface area contributed by atoms with E-state index in [-0.39, 0.29) is 47.8 Å². The van der Waals surface area contributed by atoms with Crippen molar-refractivity contribution in [1.82, 2.24) is 20.4 Å². The Morgan fingerprint density at radius 1 is 1.11 bits per heavy atom. The number of piperidine rings is 1. The fourth-order valence-electron chi connectivity index (χ4n) is 6.71. The number of carbonyl (C=O) groups excluding carboxylic acids is 2. The standard InChI is InChI=1S/C30H38N4O3.ClH/c1-29(2)19-34(18-26(35)25-16-20-5-3-4-6-22(20)17-31-25)28(37)23-8-7-21(15-24(23)29)27(36)33-13-10-30(11-14-33)9-12-32-30;/h3-8,15,25-26,31-32,35H,9-14,16-19H2,1-2H3;1H/t25-,26-;/m0./s1. The Morgan fingerprint density at radius 3 is 2.50 bits per heavy atom. The Balaban J connectivity index is 0.00000294. The lowest BCUT2D eigenvalue weighted by atomic mass is 9.76. The van der Waals surface area contributed by atoms with Crippen LogP contribution in [0.4, 0.5) is 0 Å². The maximum atomic E-state index is 13.5. The number of fused-ring (bicyclic) bond motifs is 2. The minimum absolute atomic E-state index is 0. The number of hydrogen-bond donors (Lipinski definition) is 3. The molecule has 2 fully saturated rings. The van der Waals surface area contributed by atoms with Gasteiger partial charge in [0.2, 0.25) is 0 Å². The minimum Gasteiger partial charge on any atom is -0.390 e. The first kappa shape index (κ1) is 27.1. The molecule has 0 saturated carbocycles. The number of carbonyl (C=O) groups is 2. The summed E-state index contributed by atoms with van der Waals surface area (Å²) in [6, 6.07) is 13.8. The molecule has 38 heavy (non-hydrogen) atoms. The zero-order valence-electron chi connectivity index (χ0n) is 22.3. The molecular weight excluding hydrogens is 500 g/mol. The molecule has 4 heterocycles. The topological polar surface area (TPSA) is 84.9 Å². The van der Waals surface area contributed by atoms with Crippen molar-refractivity contribution < 1.29 is 14.7 Å². The lowest BCUT2D eigenvalue weighted by Gasteiger charge is -2.49. The molecule has 1 spiro atoms. The molecular formula is C30H39ClN4O3. The highest BCUT2D eigenvalue weighted by atomic mass is 35.5. The molecule has 2 aromatic rings. The third-order valence-electron chi connectivity index (χ3n) is 9.20. The second-order valence-electron chi connectivity index (χ2n) is 12.1. The quantitative estimate of drug-likeness (QED) is 0.557. The smallest absolute Gasteiger partial charge is 0.254 e. The van der Waals surface area contributed by atoms with Crippen LogP contribution in [0.5, 0.6) is 0 Å². The first-order valence-corrected chi connectivity index (χ1v) is 13.7. The fraction of sp³-hybridized carbons (Fsp3) is 0.533. The van der Waals surface area contributed by atoms with Gasteiger partial charge in [-0.25, -0.2) is 0 Å². The van der Waals surface area contributed by atoms with Crippen molar-refractivity contribution in [2.24, 2.45) is 0 Å². The molecule has 7 nitrogen and oxygen atoms in total. The number of nitrogens with one attached hydrogen (secondary N) is 2. The van der Waals surface area contributed by atoms with Gasteiger partial charge in [0.15, 0.2) is 0 Å². The van der Waals surface area contributed by atoms with E-state index in [0.717, 1.165) is 51.0 Å². The van der Waals surface area contributed by atoms with Gasteiger partial charge in [-0.15, -0.1) is 12.4 Å². The van der Waals surface area contributed by atoms with E-state index in [0.29, 0.717) is 17.7 Å². The number of halogens is 1. The molecule has 8 heteroatoms. The van der Waals surface area contributed by atoms with Crippen LogP contribution in [0, 0.1) is 0 Å². The zero-order chi connectivity index (χ0) is 25.8. The number of rotatable bonds is 4. The lowest BCUT2D eigenvalue weighted by molar-refractivity contribution is 0.0443. The maximum Gasteiger partial charge on any atom is 0.254 e. The largest absolute Gasteiger partial charge is 0.390 e. The summed E-state index contributed by atoms with van der Waals surface area (Å²) in [5.74, 6) is -0.0127. The van der Waals surface area contributed by atoms with Crippen molar-refractivity contribution in [3.63, 3.8) is 0 Å². The molecule has 0 unspecified atom stereocenters. The van der Waals surface area contributed by atoms with Crippen LogP contribution in [0.1, 0.15) is 70.5 Å². The summed E-state index contributed by atoms with van der Waals surface area (Å²) >= 11 is 0. The molecule has 6 rings (SSSR count). The number of nitrogens with zero attached hydrogens (tertiary/aromatic N) is 2. The third-order valence-corrected chi connectivity index (χ3v) is 9.20. The van der Waals surface area contributed by atoms with Gasteiger partial charge in [-0.3, -0.25) is 9.59 Å². The monoisotopic (exact) mass is 538 g/mol. The molecule has 3 N–H and O–H groups in total. The van der Waals surface area contributed by atoms with E-state index in [1.54, 1.807) is 11.0 Å². The van der Waals surface area contributed by atoms with Crippen LogP contribution in [0.2, 0.25) is 0 Å². The number of aliphatic hydroxyl groups is 1. The Morgan fingerprint density at radius 2 is 1.82 bits per heavy atom. The summed E-state index contributed by atoms with van der Waals surface area (Å²) in [5, 5.41) is 18.1. The molecule has 2 aromatic carbocycles. The van der Waals surface area contributed by atoms with Crippen LogP contribution in [-0.4, -0.2) is 77.1 Å². The summed E-state index contributed by atoms with van der Waals surface area (Å²) in [6.45, 7) is 8.39. The average Bonchev–Trinajstić information content (AvgIpc) is 2.89. The first-order chi connectivity index (χ1) is 17.7. The molecule has 2 atom stereocenters. The van der Waals surface area contributed by atoms with E-state index in [9.17, 15) is 14.7 Å². The van der Waals surface area contributed by atoms with Gasteiger partial charge in [-0.2, -0.15) is 0 Å². The fourth-order valence-corrected chi connectivity index (χ4v) is 6.71. The van der Waals surface area contributed by atoms with E-state index < -0.39 is 6.10 Å². The predicted molar refractivity (Wildman–Crippen MR) is 150 cm³/mol. The van der Waals surface area contributed by atoms with E-state index in [2.05, 4.69) is 36.6 Å². The van der Waals surface area contributed by atoms with Crippen molar-refractivity contribution in [3.05, 3.63) is 70.3 Å². The summed E-state index contributed by atoms with van der Waals surface area (Å²) < 4.78 is 0. The van der Waals surface area contributed by atoms with E-state index in [4.69, 9.17) is 0 Å². The first-order valence-electron chi connectivity index (χ1n) is 13.7. The molecule has 2 amide bonds. The highest BCUT2D eigenvalue weighted by Crippen LogP contribution is 2.36. The summed E-state index contributed by atoms with van der Waals surface area (Å²) in [6.07, 6.45) is 3.31. The lowest BCUT2D eigenvalue weighted by Crippen LogP contribution is -2.62. The van der Waals surface area contributed by atoms with Gasteiger partial charge in [0, 0.05) is 60.8 Å². The molecule has 0 radical (unpaired) electrons. The summed E-state index contributed by atoms with van der Waals surface area (Å²) in [5.41, 5.74) is 4.68. The Labute approximate surface area is 231 Å². The van der Waals surface area contributed by atoms with Gasteiger partial charge < -0.3 is 25.5 Å². The van der Waals surface area contributed by atoms with Crippen LogP contribution in [0.3, 0.4) is 0 Å². The number of amides is 2. The van der Waals surface area contributed by atoms with Crippen molar-refractivity contribution >= 4 is 24.2 Å². The van der Waals surface area contributed by atoms with Crippen LogP contribution >= 0.6 is 12.4 Å². The Hall–Kier alpha value is -2.45. The van der Waals surface area contributed by atoms with Crippen molar-refractivity contribution in [1.29, 1.82) is 0 Å². The number of hydrogen-bond acceptors (Lipinski definition) is 5. The Bertz CT molecular complexity index is 1220. The van der Waals surface area contributed by atoms with E-state index in [1.807, 2.05) is 29.2 Å². The summed E-state index contributed by atoms with van der Waals surface area (Å²) in [7, 11) is 0. The van der Waals surface area contributed by atoms with Gasteiger partial charge >= 0.3 is 0 Å². The number of likely N-dealkylation sites (tertiary alicyclic amines) is 1. The number of benzene rings is 2. The van der Waals surface area contributed by atoms with Crippen molar-refractivity contribution in [2.75, 3.05) is 32.7 Å². The highest BCUT2D eigenvalue weighted by molar-refractivity contribution is 6.00. The Kier molecular flexibility index (Phi) is 7.33. The number of β-amino-alcohol motifs (C(OH)–C–C–N with tert-alkyl or cyclic N) is 1. The zero-order valence-corrected chi connectivity index (χ0v) is 23.2. The molecule has 0 aliphatic carbocycles. The number of aliphatic hydroxyl groups excluding tert-OH is 1. The molecule has 4 aliphatic rings. The predicted octanol–water partition coefficient (Wildman–Crippen LogP) is 2.89. The second-order valence-corrected chi connectivity index (χ2v) is 12.1. The molecule has 4 aliphatic heterocycles. The average molecular weight is 539 g/mol. The van der Waals surface area contributed by atoms with Crippen LogP contribution in [-0.2, 0) is 18.4 Å². The molecule has 0 aromatic heterocycles. The van der Waals surface area contributed by atoms with Gasteiger partial charge in [0.05, 0.1) is 6.10 Å². The van der Waals surface area contributed by atoms with Gasteiger partial charge in [-0.05, 0) is 67.1 Å². The van der Waals surface area contributed by atoms with Crippen LogP contribution < -0.4 is 10.6 Å². The summed E-state index contributed by atoms with van der Waals surface area (Å²) in [4.78, 5) is 30.6. The molecule has 204 valence electrons. The minimum atomic E-state index is -0.664. The van der Waals surface area contributed by atoms with E-state index in [1.165, 1.54) is 17.5 Å². The van der Waals surface area contributed by atoms with Gasteiger partial charge in [0.1, 0.15) is 0 Å². The third kappa shape index (κ3) is 4.86. The van der Waals surface area contributed by atoms with E-state index >= 15 is 0 Å². The highest BCUT2D eigenvalue weighted by Gasteiger charge is 2.41. The van der Waals surface area contributed by atoms with Gasteiger partial charge in [-0.1, -0.05) is 38.1 Å². The van der Waals surface area contributed by atoms with Crippen molar-refractivity contribution in [2.45, 2.75) is 69.2 Å². The van der Waals surface area contributed by atoms with Crippen LogP contribution in [0.15, 0.2) is 42.5 Å². The maximum absolute atomic E-state index is 13.5. The second kappa shape index (κ2) is 10.3. The SMILES string of the molecule is CC1(C)CN(C[C@H](O)[C@@H]2Cc3ccccc3CN2)C(=O)c2ccc(C(=O)N3CCC4(CCN4)CC3)cc21.Cl. The van der Waals surface area contributed by atoms with Gasteiger partial charge in [0.25, 0.3) is 11.8 Å². The van der Waals surface area contributed by atoms with Crippen molar-refractivity contribution in [3.8, 4) is 0 Å². The molecule has 2 saturated heterocycles. The molecule has 0 bridgehead atoms. The normalized spacial score (nSPS) is 24.1.